The standard InChI is InChI=1S/C50H59N5O5/c1-33-44(30-54-19-17-50(18-20-54)47(57)52-32-55(50)43-11-3-2-4-12-43)59-46(60-45(33)39-15-13-34(31-56)14-16-39)42-10-6-9-41(25-42)40-8-5-7-35(24-40)29-51-48(58)53-49-26-36-21-37(27-49)23-38(22-36)28-49/h2-16,24-25,33,36-38,44-46,56H,17-23,26-32H2,1H3,(H,52,57)(H2,51,53,58)/t33-,36?,37?,38?,44+,45+,46+,49?/m0/s1. The van der Waals surface area contributed by atoms with E-state index in [0.717, 1.165) is 109 Å². The van der Waals surface area contributed by atoms with Gasteiger partial charge in [0.2, 0.25) is 5.91 Å². The highest BCUT2D eigenvalue weighted by Crippen LogP contribution is 2.55. The number of hydrogen-bond donors (Lipinski definition) is 4. The first kappa shape index (κ1) is 39.4. The molecular weight excluding hydrogens is 751 g/mol. The van der Waals surface area contributed by atoms with Gasteiger partial charge in [-0.3, -0.25) is 4.79 Å². The zero-order valence-corrected chi connectivity index (χ0v) is 34.7. The molecule has 3 saturated heterocycles. The van der Waals surface area contributed by atoms with Crippen molar-refractivity contribution in [2.24, 2.45) is 23.7 Å². The van der Waals surface area contributed by atoms with E-state index in [1.807, 2.05) is 30.3 Å². The monoisotopic (exact) mass is 809 g/mol. The molecule has 60 heavy (non-hydrogen) atoms. The lowest BCUT2D eigenvalue weighted by molar-refractivity contribution is -0.276. The Labute approximate surface area is 354 Å². The van der Waals surface area contributed by atoms with Crippen molar-refractivity contribution >= 4 is 17.6 Å². The number of ether oxygens (including phenoxy) is 2. The number of carbonyl (C=O) groups is 2. The van der Waals surface area contributed by atoms with Crippen molar-refractivity contribution in [1.29, 1.82) is 0 Å². The number of urea groups is 1. The number of nitrogens with zero attached hydrogens (tertiary/aromatic N) is 2. The predicted molar refractivity (Wildman–Crippen MR) is 231 cm³/mol. The average Bonchev–Trinajstić information content (AvgIpc) is 3.58. The second-order valence-electron chi connectivity index (χ2n) is 18.9. The first-order valence-corrected chi connectivity index (χ1v) is 22.3. The Hall–Kier alpha value is -4.74. The molecule has 0 aromatic heterocycles. The minimum Gasteiger partial charge on any atom is -0.392 e. The number of anilines is 1. The fraction of sp³-hybridized carbons (Fsp3) is 0.480. The van der Waals surface area contributed by atoms with Gasteiger partial charge in [-0.2, -0.15) is 0 Å². The van der Waals surface area contributed by atoms with Crippen LogP contribution in [0.25, 0.3) is 11.1 Å². The van der Waals surface area contributed by atoms with Gasteiger partial charge in [-0.15, -0.1) is 0 Å². The van der Waals surface area contributed by atoms with Crippen LogP contribution < -0.4 is 20.9 Å². The zero-order valence-electron chi connectivity index (χ0n) is 34.7. The maximum Gasteiger partial charge on any atom is 0.315 e. The molecule has 3 heterocycles. The topological polar surface area (TPSA) is 115 Å². The Morgan fingerprint density at radius 2 is 1.48 bits per heavy atom. The molecule has 3 aliphatic heterocycles. The van der Waals surface area contributed by atoms with E-state index in [2.05, 4.69) is 105 Å². The Bertz CT molecular complexity index is 2140. The van der Waals surface area contributed by atoms with Gasteiger partial charge in [0, 0.05) is 48.9 Å². The quantitative estimate of drug-likeness (QED) is 0.129. The number of hydrogen-bond acceptors (Lipinski definition) is 7. The maximum atomic E-state index is 13.4. The lowest BCUT2D eigenvalue weighted by Gasteiger charge is -2.56. The van der Waals surface area contributed by atoms with Crippen molar-refractivity contribution in [3.8, 4) is 11.1 Å². The summed E-state index contributed by atoms with van der Waals surface area (Å²) in [5.41, 5.74) is 6.54. The number of likely N-dealkylation sites (tertiary alicyclic amines) is 1. The van der Waals surface area contributed by atoms with Gasteiger partial charge in [-0.05, 0) is 121 Å². The van der Waals surface area contributed by atoms with Gasteiger partial charge >= 0.3 is 6.03 Å². The van der Waals surface area contributed by atoms with Crippen molar-refractivity contribution in [2.45, 2.75) is 101 Å². The van der Waals surface area contributed by atoms with Crippen molar-refractivity contribution < 1.29 is 24.2 Å². The molecule has 7 aliphatic rings. The minimum absolute atomic E-state index is 0.00894. The lowest BCUT2D eigenvalue weighted by Crippen LogP contribution is -2.61. The summed E-state index contributed by atoms with van der Waals surface area (Å²) in [4.78, 5) is 31.4. The van der Waals surface area contributed by atoms with E-state index in [-0.39, 0.29) is 42.2 Å². The highest BCUT2D eigenvalue weighted by atomic mass is 16.7. The smallest absolute Gasteiger partial charge is 0.315 e. The molecule has 4 bridgehead atoms. The first-order chi connectivity index (χ1) is 29.2. The second-order valence-corrected chi connectivity index (χ2v) is 18.9. The second kappa shape index (κ2) is 16.3. The number of nitrogens with one attached hydrogen (secondary N) is 3. The van der Waals surface area contributed by atoms with Crippen molar-refractivity contribution in [1.82, 2.24) is 20.9 Å². The largest absolute Gasteiger partial charge is 0.392 e. The van der Waals surface area contributed by atoms with Crippen LogP contribution in [0.2, 0.25) is 0 Å². The van der Waals surface area contributed by atoms with Gasteiger partial charge in [0.25, 0.3) is 0 Å². The van der Waals surface area contributed by atoms with Crippen LogP contribution in [0, 0.1) is 23.7 Å². The van der Waals surface area contributed by atoms with Gasteiger partial charge < -0.3 is 40.3 Å². The number of aliphatic hydroxyl groups is 1. The Balaban J connectivity index is 0.835. The molecule has 3 amide bonds. The predicted octanol–water partition coefficient (Wildman–Crippen LogP) is 7.83. The third-order valence-electron chi connectivity index (χ3n) is 14.9. The molecule has 7 fully saturated rings. The molecule has 1 spiro atoms. The number of benzene rings is 4. The van der Waals surface area contributed by atoms with Crippen LogP contribution in [0.3, 0.4) is 0 Å². The summed E-state index contributed by atoms with van der Waals surface area (Å²) in [5, 5.41) is 19.5. The highest BCUT2D eigenvalue weighted by molar-refractivity contribution is 5.93. The lowest BCUT2D eigenvalue weighted by atomic mass is 9.53. The maximum absolute atomic E-state index is 13.4. The van der Waals surface area contributed by atoms with Crippen molar-refractivity contribution in [3.63, 3.8) is 0 Å². The molecule has 4 aromatic rings. The summed E-state index contributed by atoms with van der Waals surface area (Å²) in [5.74, 6) is 2.51. The number of amides is 3. The van der Waals surface area contributed by atoms with Gasteiger partial charge in [0.1, 0.15) is 5.54 Å². The number of aliphatic hydroxyl groups excluding tert-OH is 1. The molecule has 4 N–H and O–H groups in total. The molecule has 10 heteroatoms. The summed E-state index contributed by atoms with van der Waals surface area (Å²) in [7, 11) is 0. The number of carbonyl (C=O) groups excluding carboxylic acids is 2. The van der Waals surface area contributed by atoms with Crippen LogP contribution in [0.15, 0.2) is 103 Å². The zero-order chi connectivity index (χ0) is 40.8. The van der Waals surface area contributed by atoms with Gasteiger partial charge in [0.15, 0.2) is 6.29 Å². The summed E-state index contributed by atoms with van der Waals surface area (Å²) >= 11 is 0. The van der Waals surface area contributed by atoms with Crippen molar-refractivity contribution in [3.05, 3.63) is 125 Å². The van der Waals surface area contributed by atoms with Crippen molar-refractivity contribution in [2.75, 3.05) is 31.2 Å². The van der Waals surface area contributed by atoms with E-state index in [1.165, 1.54) is 19.3 Å². The Morgan fingerprint density at radius 3 is 2.18 bits per heavy atom. The number of rotatable bonds is 10. The summed E-state index contributed by atoms with van der Waals surface area (Å²) in [6.45, 7) is 5.48. The Kier molecular flexibility index (Phi) is 10.7. The van der Waals surface area contributed by atoms with E-state index in [4.69, 9.17) is 9.47 Å². The van der Waals surface area contributed by atoms with Gasteiger partial charge in [0.05, 0.1) is 25.5 Å². The van der Waals surface area contributed by atoms with Crippen LogP contribution in [-0.4, -0.2) is 65.4 Å². The van der Waals surface area contributed by atoms with Crippen LogP contribution in [0.4, 0.5) is 10.5 Å². The fourth-order valence-corrected chi connectivity index (χ4v) is 12.2. The van der Waals surface area contributed by atoms with E-state index in [9.17, 15) is 14.7 Å². The average molecular weight is 810 g/mol. The Morgan fingerprint density at radius 1 is 0.800 bits per heavy atom. The van der Waals surface area contributed by atoms with E-state index in [0.29, 0.717) is 13.2 Å². The van der Waals surface area contributed by atoms with E-state index in [1.54, 1.807) is 0 Å². The number of para-hydroxylation sites is 1. The molecule has 4 aliphatic carbocycles. The molecule has 10 nitrogen and oxygen atoms in total. The molecule has 4 aromatic carbocycles. The summed E-state index contributed by atoms with van der Waals surface area (Å²) in [6.07, 6.45) is 7.98. The first-order valence-electron chi connectivity index (χ1n) is 22.3. The normalized spacial score (nSPS) is 30.7. The molecular formula is C50H59N5O5. The third kappa shape index (κ3) is 7.72. The van der Waals surface area contributed by atoms with Gasteiger partial charge in [-0.25, -0.2) is 4.79 Å². The van der Waals surface area contributed by atoms with E-state index >= 15 is 0 Å². The fourth-order valence-electron chi connectivity index (χ4n) is 12.2. The van der Waals surface area contributed by atoms with Crippen LogP contribution in [0.5, 0.6) is 0 Å². The number of piperidine rings is 1. The molecule has 314 valence electrons. The molecule has 0 radical (unpaired) electrons. The molecule has 4 atom stereocenters. The SMILES string of the molecule is C[C@H]1[C@@H](CN2CCC3(CC2)C(=O)NCN3c2ccccc2)O[C@@H](c2cccc(-c3cccc(CNC(=O)NC45CC6CC(CC(C6)C4)C5)c3)c2)O[C@H]1c1ccc(CO)cc1. The minimum atomic E-state index is -0.600. The molecule has 11 rings (SSSR count). The van der Waals surface area contributed by atoms with E-state index < -0.39 is 11.8 Å². The third-order valence-corrected chi connectivity index (χ3v) is 14.9. The summed E-state index contributed by atoms with van der Waals surface area (Å²) in [6, 6.07) is 35.1. The van der Waals surface area contributed by atoms with Crippen LogP contribution in [0.1, 0.15) is 92.9 Å². The summed E-state index contributed by atoms with van der Waals surface area (Å²) < 4.78 is 13.8. The van der Waals surface area contributed by atoms with Crippen LogP contribution >= 0.6 is 0 Å². The molecule has 4 saturated carbocycles. The molecule has 0 unspecified atom stereocenters. The highest BCUT2D eigenvalue weighted by Gasteiger charge is 2.52. The van der Waals surface area contributed by atoms with Crippen LogP contribution in [-0.2, 0) is 27.4 Å². The van der Waals surface area contributed by atoms with Gasteiger partial charge in [-0.1, -0.05) is 85.8 Å².